The molecule has 0 spiro atoms. The number of carboxylic acid groups (broad SMARTS) is 2. The number of aliphatic carboxylic acids is 2. The molecule has 0 aromatic heterocycles. The van der Waals surface area contributed by atoms with Gasteiger partial charge in [0, 0.05) is 0 Å². The minimum atomic E-state index is -4.46. The molecule has 0 aliphatic carbocycles. The highest BCUT2D eigenvalue weighted by atomic mass is 31.2. The predicted octanol–water partition coefficient (Wildman–Crippen LogP) is 4.12. The van der Waals surface area contributed by atoms with Gasteiger partial charge in [-0.25, -0.2) is 9.59 Å². The number of carboxylic acids is 2. The summed E-state index contributed by atoms with van der Waals surface area (Å²) in [6.45, 7) is 0. The van der Waals surface area contributed by atoms with Crippen LogP contribution in [0.15, 0.2) is 91.0 Å². The van der Waals surface area contributed by atoms with Crippen molar-refractivity contribution < 1.29 is 33.4 Å². The molecule has 0 bridgehead atoms. The van der Waals surface area contributed by atoms with E-state index in [1.54, 1.807) is 91.0 Å². The highest BCUT2D eigenvalue weighted by molar-refractivity contribution is 7.56. The minimum Gasteiger partial charge on any atom is -0.479 e. The molecular weight excluding hydrogens is 419 g/mol. The molecule has 158 valence electrons. The van der Waals surface area contributed by atoms with Crippen molar-refractivity contribution in [3.8, 4) is 0 Å². The van der Waals surface area contributed by atoms with Crippen LogP contribution in [-0.2, 0) is 28.4 Å². The van der Waals surface area contributed by atoms with E-state index in [9.17, 15) is 24.4 Å². The van der Waals surface area contributed by atoms with Gasteiger partial charge < -0.3 is 10.2 Å². The highest BCUT2D eigenvalue weighted by Gasteiger charge is 2.64. The first kappa shape index (κ1) is 21.0. The van der Waals surface area contributed by atoms with E-state index in [1.165, 1.54) is 0 Å². The number of carbonyl (C=O) groups is 2. The lowest BCUT2D eigenvalue weighted by Gasteiger charge is -2.38. The van der Waals surface area contributed by atoms with Gasteiger partial charge in [-0.05, 0) is 16.7 Å². The van der Waals surface area contributed by atoms with Crippen molar-refractivity contribution in [2.45, 2.75) is 17.4 Å². The number of rotatable bonds is 6. The predicted molar refractivity (Wildman–Crippen MR) is 112 cm³/mol. The Morgan fingerprint density at radius 3 is 1.19 bits per heavy atom. The van der Waals surface area contributed by atoms with Gasteiger partial charge in [0.25, 0.3) is 0 Å². The van der Waals surface area contributed by atoms with Gasteiger partial charge in [0.05, 0.1) is 0 Å². The first-order chi connectivity index (χ1) is 14.9. The van der Waals surface area contributed by atoms with Crippen LogP contribution in [0.5, 0.6) is 0 Å². The van der Waals surface area contributed by atoms with Gasteiger partial charge in [0.2, 0.25) is 12.2 Å². The van der Waals surface area contributed by atoms with Crippen LogP contribution in [0.3, 0.4) is 0 Å². The Kier molecular flexibility index (Phi) is 5.50. The Morgan fingerprint density at radius 1 is 0.645 bits per heavy atom. The summed E-state index contributed by atoms with van der Waals surface area (Å²) in [6, 6.07) is 26.3. The quantitative estimate of drug-likeness (QED) is 0.440. The molecule has 0 saturated carbocycles. The van der Waals surface area contributed by atoms with Crippen molar-refractivity contribution >= 4 is 19.5 Å². The van der Waals surface area contributed by atoms with Gasteiger partial charge in [-0.3, -0.25) is 13.6 Å². The zero-order valence-corrected chi connectivity index (χ0v) is 17.1. The van der Waals surface area contributed by atoms with Crippen LogP contribution in [-0.4, -0.2) is 34.4 Å². The first-order valence-corrected chi connectivity index (χ1v) is 11.0. The van der Waals surface area contributed by atoms with Crippen molar-refractivity contribution in [3.05, 3.63) is 108 Å². The summed E-state index contributed by atoms with van der Waals surface area (Å²) in [5, 5.41) is 17.5. The van der Waals surface area contributed by atoms with Crippen molar-refractivity contribution in [2.75, 3.05) is 0 Å². The van der Waals surface area contributed by atoms with Gasteiger partial charge in [-0.2, -0.15) is 0 Å². The van der Waals surface area contributed by atoms with E-state index >= 15 is 0 Å². The molecule has 3 aromatic carbocycles. The maximum atomic E-state index is 14.5. The largest absolute Gasteiger partial charge is 0.479 e. The molecule has 1 heterocycles. The SMILES string of the molecule is O=C(O)C1OP(=O)(C(c2ccccc2)(c2ccccc2)c2ccccc2)OC1C(=O)O. The fourth-order valence-electron chi connectivity index (χ4n) is 3.95. The Labute approximate surface area is 178 Å². The highest BCUT2D eigenvalue weighted by Crippen LogP contribution is 2.74. The second-order valence-electron chi connectivity index (χ2n) is 7.03. The third-order valence-electron chi connectivity index (χ3n) is 5.25. The standard InChI is InChI=1S/C23H19O7P/c24-21(25)19-20(22(26)27)30-31(28,29-19)23(16-10-4-1-5-11-16,17-12-6-2-7-13-17)18-14-8-3-9-15-18/h1-15,19-20H,(H,24,25)(H,26,27). The molecule has 7 nitrogen and oxygen atoms in total. The first-order valence-electron chi connectivity index (χ1n) is 9.49. The Bertz CT molecular complexity index is 1010. The van der Waals surface area contributed by atoms with Crippen LogP contribution in [0.2, 0.25) is 0 Å². The molecule has 8 heteroatoms. The summed E-state index contributed by atoms with van der Waals surface area (Å²) >= 11 is 0. The second-order valence-corrected chi connectivity index (χ2v) is 9.12. The lowest BCUT2D eigenvalue weighted by molar-refractivity contribution is -0.156. The summed E-state index contributed by atoms with van der Waals surface area (Å²) < 4.78 is 25.6. The maximum absolute atomic E-state index is 14.5. The minimum absolute atomic E-state index is 0.519. The fraction of sp³-hybridized carbons (Fsp3) is 0.130. The Balaban J connectivity index is 2.07. The zero-order chi connectivity index (χ0) is 22.1. The van der Waals surface area contributed by atoms with Crippen molar-refractivity contribution in [2.24, 2.45) is 0 Å². The Hall–Kier alpha value is -3.25. The monoisotopic (exact) mass is 438 g/mol. The molecule has 1 aliphatic rings. The summed E-state index contributed by atoms with van der Waals surface area (Å²) in [5.41, 5.74) is 1.56. The van der Waals surface area contributed by atoms with Gasteiger partial charge in [-0.1, -0.05) is 91.0 Å². The number of benzene rings is 3. The average molecular weight is 438 g/mol. The lowest BCUT2D eigenvalue weighted by atomic mass is 9.84. The summed E-state index contributed by atoms with van der Waals surface area (Å²) in [4.78, 5) is 23.5. The molecule has 2 atom stereocenters. The van der Waals surface area contributed by atoms with Gasteiger partial charge in [-0.15, -0.1) is 0 Å². The smallest absolute Gasteiger partial charge is 0.351 e. The van der Waals surface area contributed by atoms with Crippen molar-refractivity contribution in [1.82, 2.24) is 0 Å². The summed E-state index contributed by atoms with van der Waals surface area (Å²) in [6.07, 6.45) is -3.84. The third-order valence-corrected chi connectivity index (χ3v) is 7.86. The fourth-order valence-corrected chi connectivity index (χ4v) is 6.72. The molecule has 1 fully saturated rings. The summed E-state index contributed by atoms with van der Waals surface area (Å²) in [7, 11) is -4.46. The van der Waals surface area contributed by atoms with Crippen molar-refractivity contribution in [1.29, 1.82) is 0 Å². The van der Waals surface area contributed by atoms with Crippen LogP contribution < -0.4 is 0 Å². The molecule has 3 aromatic rings. The van der Waals surface area contributed by atoms with E-state index in [-0.39, 0.29) is 0 Å². The summed E-state index contributed by atoms with van der Waals surface area (Å²) in [5.74, 6) is -3.12. The van der Waals surface area contributed by atoms with Crippen LogP contribution in [0, 0.1) is 0 Å². The van der Waals surface area contributed by atoms with Gasteiger partial charge in [0.15, 0.2) is 0 Å². The van der Waals surface area contributed by atoms with Crippen molar-refractivity contribution in [3.63, 3.8) is 0 Å². The molecule has 2 unspecified atom stereocenters. The van der Waals surface area contributed by atoms with Crippen LogP contribution in [0.25, 0.3) is 0 Å². The van der Waals surface area contributed by atoms with E-state index in [2.05, 4.69) is 0 Å². The van der Waals surface area contributed by atoms with Crippen LogP contribution in [0.1, 0.15) is 16.7 Å². The maximum Gasteiger partial charge on any atom is 0.351 e. The van der Waals surface area contributed by atoms with Gasteiger partial charge in [0.1, 0.15) is 5.16 Å². The molecule has 31 heavy (non-hydrogen) atoms. The molecule has 4 rings (SSSR count). The molecule has 0 amide bonds. The topological polar surface area (TPSA) is 110 Å². The molecule has 2 N–H and O–H groups in total. The molecule has 1 saturated heterocycles. The van der Waals surface area contributed by atoms with E-state index in [0.717, 1.165) is 0 Å². The average Bonchev–Trinajstić information content (AvgIpc) is 3.16. The normalized spacial score (nSPS) is 23.4. The molecular formula is C23H19O7P. The lowest BCUT2D eigenvalue weighted by Crippen LogP contribution is -2.36. The number of hydrogen-bond acceptors (Lipinski definition) is 5. The number of hydrogen-bond donors (Lipinski definition) is 2. The third kappa shape index (κ3) is 3.37. The zero-order valence-electron chi connectivity index (χ0n) is 16.2. The molecule has 0 radical (unpaired) electrons. The second kappa shape index (κ2) is 8.12. The molecule has 1 aliphatic heterocycles. The van der Waals surface area contributed by atoms with Crippen LogP contribution >= 0.6 is 7.60 Å². The van der Waals surface area contributed by atoms with E-state index in [0.29, 0.717) is 16.7 Å². The van der Waals surface area contributed by atoms with Crippen LogP contribution in [0.4, 0.5) is 0 Å². The Morgan fingerprint density at radius 2 is 0.935 bits per heavy atom. The van der Waals surface area contributed by atoms with E-state index in [4.69, 9.17) is 9.05 Å². The van der Waals surface area contributed by atoms with E-state index < -0.39 is 36.9 Å². The van der Waals surface area contributed by atoms with E-state index in [1.807, 2.05) is 0 Å². The van der Waals surface area contributed by atoms with Gasteiger partial charge >= 0.3 is 19.5 Å².